The first kappa shape index (κ1) is 15.5. The number of carbonyl (C=O) groups is 2. The zero-order valence-electron chi connectivity index (χ0n) is 10.8. The van der Waals surface area contributed by atoms with Gasteiger partial charge in [-0.05, 0) is 23.8 Å². The standard InChI is InChI=1S/C13H16FNO3S/c1-8(13(17)18-2)6-19-7-10-5-9(12(15)16)3-4-11(10)14/h3-5,8H,6-7H2,1-2H3,(H2,15,16). The van der Waals surface area contributed by atoms with E-state index < -0.39 is 5.91 Å². The van der Waals surface area contributed by atoms with Crippen molar-refractivity contribution < 1.29 is 18.7 Å². The van der Waals surface area contributed by atoms with Crippen LogP contribution in [0.2, 0.25) is 0 Å². The Morgan fingerprint density at radius 3 is 2.74 bits per heavy atom. The van der Waals surface area contributed by atoms with E-state index >= 15 is 0 Å². The van der Waals surface area contributed by atoms with Crippen LogP contribution in [0.4, 0.5) is 4.39 Å². The van der Waals surface area contributed by atoms with Gasteiger partial charge in [-0.15, -0.1) is 0 Å². The number of rotatable bonds is 6. The monoisotopic (exact) mass is 285 g/mol. The van der Waals surface area contributed by atoms with Crippen molar-refractivity contribution in [1.29, 1.82) is 0 Å². The number of ether oxygens (including phenoxy) is 1. The molecule has 0 aromatic heterocycles. The molecule has 19 heavy (non-hydrogen) atoms. The molecule has 0 bridgehead atoms. The van der Waals surface area contributed by atoms with Crippen LogP contribution in [0.3, 0.4) is 0 Å². The van der Waals surface area contributed by atoms with Gasteiger partial charge in [0.05, 0.1) is 13.0 Å². The Morgan fingerprint density at radius 2 is 2.16 bits per heavy atom. The smallest absolute Gasteiger partial charge is 0.309 e. The molecule has 1 amide bonds. The summed E-state index contributed by atoms with van der Waals surface area (Å²) in [6, 6.07) is 4.01. The summed E-state index contributed by atoms with van der Waals surface area (Å²) < 4.78 is 18.1. The number of nitrogens with two attached hydrogens (primary N) is 1. The number of halogens is 1. The summed E-state index contributed by atoms with van der Waals surface area (Å²) in [5.74, 6) is -0.630. The van der Waals surface area contributed by atoms with Crippen LogP contribution in [0.5, 0.6) is 0 Å². The molecule has 0 fully saturated rings. The van der Waals surface area contributed by atoms with E-state index in [1.165, 1.54) is 37.1 Å². The highest BCUT2D eigenvalue weighted by Crippen LogP contribution is 2.19. The molecular weight excluding hydrogens is 269 g/mol. The number of primary amides is 1. The Hall–Kier alpha value is -1.56. The van der Waals surface area contributed by atoms with Crippen LogP contribution in [0.1, 0.15) is 22.8 Å². The highest BCUT2D eigenvalue weighted by atomic mass is 32.2. The van der Waals surface area contributed by atoms with Gasteiger partial charge in [0.25, 0.3) is 0 Å². The molecule has 1 rings (SSSR count). The van der Waals surface area contributed by atoms with Gasteiger partial charge in [-0.25, -0.2) is 4.39 Å². The van der Waals surface area contributed by atoms with Crippen LogP contribution < -0.4 is 5.73 Å². The number of hydrogen-bond acceptors (Lipinski definition) is 4. The first-order valence-corrected chi connectivity index (χ1v) is 6.85. The van der Waals surface area contributed by atoms with Crippen LogP contribution in [-0.2, 0) is 15.3 Å². The third-order valence-corrected chi connectivity index (χ3v) is 3.81. The molecule has 0 saturated carbocycles. The molecule has 0 heterocycles. The fraction of sp³-hybridized carbons (Fsp3) is 0.385. The Morgan fingerprint density at radius 1 is 1.47 bits per heavy atom. The molecule has 0 radical (unpaired) electrons. The van der Waals surface area contributed by atoms with Crippen LogP contribution in [0.25, 0.3) is 0 Å². The predicted molar refractivity (Wildman–Crippen MR) is 72.3 cm³/mol. The third-order valence-electron chi connectivity index (χ3n) is 2.56. The molecule has 4 nitrogen and oxygen atoms in total. The second kappa shape index (κ2) is 7.13. The summed E-state index contributed by atoms with van der Waals surface area (Å²) in [6.07, 6.45) is 0. The van der Waals surface area contributed by atoms with E-state index in [0.717, 1.165) is 0 Å². The summed E-state index contributed by atoms with van der Waals surface area (Å²) in [5.41, 5.74) is 5.82. The molecule has 104 valence electrons. The highest BCUT2D eigenvalue weighted by Gasteiger charge is 2.14. The maximum atomic E-state index is 13.5. The Kier molecular flexibility index (Phi) is 5.82. The van der Waals surface area contributed by atoms with Crippen LogP contribution >= 0.6 is 11.8 Å². The van der Waals surface area contributed by atoms with Crippen molar-refractivity contribution >= 4 is 23.6 Å². The Bertz CT molecular complexity index is 479. The van der Waals surface area contributed by atoms with E-state index in [-0.39, 0.29) is 23.3 Å². The lowest BCUT2D eigenvalue weighted by molar-refractivity contribution is -0.143. The maximum Gasteiger partial charge on any atom is 0.309 e. The number of hydrogen-bond donors (Lipinski definition) is 1. The van der Waals surface area contributed by atoms with Crippen molar-refractivity contribution in [2.75, 3.05) is 12.9 Å². The molecule has 0 aliphatic heterocycles. The molecule has 0 saturated heterocycles. The second-order valence-electron chi connectivity index (χ2n) is 4.11. The van der Waals surface area contributed by atoms with Gasteiger partial charge in [-0.3, -0.25) is 9.59 Å². The fourth-order valence-corrected chi connectivity index (χ4v) is 2.50. The summed E-state index contributed by atoms with van der Waals surface area (Å²) >= 11 is 1.40. The first-order chi connectivity index (χ1) is 8.95. The molecular formula is C13H16FNO3S. The molecule has 2 N–H and O–H groups in total. The van der Waals surface area contributed by atoms with E-state index in [4.69, 9.17) is 5.73 Å². The summed E-state index contributed by atoms with van der Waals surface area (Å²) in [4.78, 5) is 22.2. The molecule has 1 aromatic carbocycles. The summed E-state index contributed by atoms with van der Waals surface area (Å²) in [5, 5.41) is 0. The van der Waals surface area contributed by atoms with Crippen LogP contribution in [-0.4, -0.2) is 24.7 Å². The Labute approximate surface area is 115 Å². The SMILES string of the molecule is COC(=O)C(C)CSCc1cc(C(N)=O)ccc1F. The van der Waals surface area contributed by atoms with Crippen molar-refractivity contribution in [3.05, 3.63) is 35.1 Å². The normalized spacial score (nSPS) is 11.9. The summed E-state index contributed by atoms with van der Waals surface area (Å²) in [7, 11) is 1.33. The van der Waals surface area contributed by atoms with E-state index in [2.05, 4.69) is 4.74 Å². The summed E-state index contributed by atoms with van der Waals surface area (Å²) in [6.45, 7) is 1.75. The van der Waals surface area contributed by atoms with Gasteiger partial charge >= 0.3 is 5.97 Å². The van der Waals surface area contributed by atoms with Gasteiger partial charge < -0.3 is 10.5 Å². The van der Waals surface area contributed by atoms with Crippen molar-refractivity contribution in [2.24, 2.45) is 11.7 Å². The van der Waals surface area contributed by atoms with Gasteiger partial charge in [0.1, 0.15) is 5.82 Å². The Balaban J connectivity index is 2.60. The maximum absolute atomic E-state index is 13.5. The number of thioether (sulfide) groups is 1. The fourth-order valence-electron chi connectivity index (χ4n) is 1.45. The second-order valence-corrected chi connectivity index (χ2v) is 5.14. The predicted octanol–water partition coefficient (Wildman–Crippen LogP) is 1.97. The van der Waals surface area contributed by atoms with Crippen molar-refractivity contribution in [3.63, 3.8) is 0 Å². The number of benzene rings is 1. The molecule has 1 unspecified atom stereocenters. The molecule has 0 aliphatic rings. The lowest BCUT2D eigenvalue weighted by atomic mass is 10.1. The van der Waals surface area contributed by atoms with Gasteiger partial charge in [-0.2, -0.15) is 11.8 Å². The lowest BCUT2D eigenvalue weighted by Gasteiger charge is -2.09. The average molecular weight is 285 g/mol. The molecule has 0 aliphatic carbocycles. The van der Waals surface area contributed by atoms with Crippen molar-refractivity contribution in [3.8, 4) is 0 Å². The minimum absolute atomic E-state index is 0.252. The minimum Gasteiger partial charge on any atom is -0.469 e. The lowest BCUT2D eigenvalue weighted by Crippen LogP contribution is -2.15. The zero-order valence-corrected chi connectivity index (χ0v) is 11.6. The third kappa shape index (κ3) is 4.55. The van der Waals surface area contributed by atoms with E-state index in [9.17, 15) is 14.0 Å². The van der Waals surface area contributed by atoms with Crippen molar-refractivity contribution in [2.45, 2.75) is 12.7 Å². The number of amides is 1. The van der Waals surface area contributed by atoms with Crippen LogP contribution in [0.15, 0.2) is 18.2 Å². The molecule has 0 spiro atoms. The van der Waals surface area contributed by atoms with Gasteiger partial charge in [0, 0.05) is 17.1 Å². The van der Waals surface area contributed by atoms with E-state index in [1.54, 1.807) is 6.92 Å². The molecule has 6 heteroatoms. The largest absolute Gasteiger partial charge is 0.469 e. The number of methoxy groups -OCH3 is 1. The zero-order chi connectivity index (χ0) is 14.4. The average Bonchev–Trinajstić information content (AvgIpc) is 2.39. The quantitative estimate of drug-likeness (QED) is 0.811. The number of esters is 1. The van der Waals surface area contributed by atoms with Gasteiger partial charge in [0.2, 0.25) is 5.91 Å². The van der Waals surface area contributed by atoms with E-state index in [0.29, 0.717) is 17.1 Å². The van der Waals surface area contributed by atoms with Crippen LogP contribution in [0, 0.1) is 11.7 Å². The molecule has 1 aromatic rings. The van der Waals surface area contributed by atoms with E-state index in [1.807, 2.05) is 0 Å². The highest BCUT2D eigenvalue weighted by molar-refractivity contribution is 7.98. The van der Waals surface area contributed by atoms with Crippen molar-refractivity contribution in [1.82, 2.24) is 0 Å². The van der Waals surface area contributed by atoms with Gasteiger partial charge in [-0.1, -0.05) is 6.92 Å². The molecule has 1 atom stereocenters. The van der Waals surface area contributed by atoms with Gasteiger partial charge in [0.15, 0.2) is 0 Å². The first-order valence-electron chi connectivity index (χ1n) is 5.69. The topological polar surface area (TPSA) is 69.4 Å². The number of carbonyl (C=O) groups excluding carboxylic acids is 2. The minimum atomic E-state index is -0.589.